The Morgan fingerprint density at radius 3 is 2.43 bits per heavy atom. The maximum atomic E-state index is 11.8. The quantitative estimate of drug-likeness (QED) is 0.387. The number of hydrogen-bond donors (Lipinski definition) is 2. The summed E-state index contributed by atoms with van der Waals surface area (Å²) < 4.78 is 15.8. The van der Waals surface area contributed by atoms with E-state index >= 15 is 0 Å². The highest BCUT2D eigenvalue weighted by molar-refractivity contribution is 8.04. The van der Waals surface area contributed by atoms with Gasteiger partial charge in [0.2, 0.25) is 5.16 Å². The first-order valence-corrected chi connectivity index (χ1v) is 9.75. The molecular formula is C20H18ClN3O5S. The summed E-state index contributed by atoms with van der Waals surface area (Å²) >= 11 is 6.97. The Balaban J connectivity index is 1.90. The Hall–Kier alpha value is -3.17. The highest BCUT2D eigenvalue weighted by Gasteiger charge is 2.17. The van der Waals surface area contributed by atoms with Gasteiger partial charge in [0.05, 0.1) is 26.9 Å². The molecule has 0 saturated carbocycles. The molecule has 0 spiro atoms. The molecule has 0 unspecified atom stereocenters. The van der Waals surface area contributed by atoms with Crippen LogP contribution < -0.4 is 14.2 Å². The van der Waals surface area contributed by atoms with Gasteiger partial charge in [-0.05, 0) is 53.7 Å². The van der Waals surface area contributed by atoms with Gasteiger partial charge < -0.3 is 19.3 Å². The first kappa shape index (κ1) is 21.5. The largest absolute Gasteiger partial charge is 0.496 e. The lowest BCUT2D eigenvalue weighted by molar-refractivity contribution is -0.131. The molecule has 0 bridgehead atoms. The topological polar surface area (TPSA) is 107 Å². The second kappa shape index (κ2) is 9.55. The standard InChI is InChI=1S/C20H18ClN3O5S/c1-27-14-7-5-12(21)10-13(14)18-22-20(24-23-18)30-17(19(25)26)9-11-4-6-15(28-2)16(8-11)29-3/h4-10H,1-3H3,(H,25,26)(H,22,23,24)/b17-9-. The van der Waals surface area contributed by atoms with E-state index in [1.54, 1.807) is 36.4 Å². The summed E-state index contributed by atoms with van der Waals surface area (Å²) in [6.07, 6.45) is 1.50. The number of carbonyl (C=O) groups is 1. The molecule has 30 heavy (non-hydrogen) atoms. The van der Waals surface area contributed by atoms with Gasteiger partial charge in [-0.3, -0.25) is 5.10 Å². The zero-order chi connectivity index (χ0) is 21.7. The zero-order valence-corrected chi connectivity index (χ0v) is 17.9. The molecule has 10 heteroatoms. The van der Waals surface area contributed by atoms with Gasteiger partial charge in [-0.15, -0.1) is 5.10 Å². The van der Waals surface area contributed by atoms with Crippen molar-refractivity contribution in [2.24, 2.45) is 0 Å². The molecule has 0 radical (unpaired) electrons. The molecule has 1 aromatic heterocycles. The van der Waals surface area contributed by atoms with Crippen molar-refractivity contribution >= 4 is 35.4 Å². The van der Waals surface area contributed by atoms with E-state index in [4.69, 9.17) is 25.8 Å². The molecule has 0 amide bonds. The van der Waals surface area contributed by atoms with E-state index in [0.717, 1.165) is 11.8 Å². The summed E-state index contributed by atoms with van der Waals surface area (Å²) in [5.41, 5.74) is 1.25. The van der Waals surface area contributed by atoms with Crippen LogP contribution in [0.25, 0.3) is 17.5 Å². The summed E-state index contributed by atoms with van der Waals surface area (Å²) in [4.78, 5) is 16.2. The van der Waals surface area contributed by atoms with Crippen molar-refractivity contribution in [1.29, 1.82) is 0 Å². The van der Waals surface area contributed by atoms with Gasteiger partial charge in [0, 0.05) is 5.02 Å². The summed E-state index contributed by atoms with van der Waals surface area (Å²) in [7, 11) is 4.58. The van der Waals surface area contributed by atoms with Crippen molar-refractivity contribution in [1.82, 2.24) is 15.2 Å². The molecule has 0 aliphatic carbocycles. The van der Waals surface area contributed by atoms with Gasteiger partial charge in [-0.2, -0.15) is 0 Å². The number of aromatic amines is 1. The molecule has 0 atom stereocenters. The van der Waals surface area contributed by atoms with E-state index in [0.29, 0.717) is 39.2 Å². The van der Waals surface area contributed by atoms with Crippen molar-refractivity contribution in [3.63, 3.8) is 0 Å². The number of aromatic nitrogens is 3. The molecule has 3 rings (SSSR count). The van der Waals surface area contributed by atoms with Crippen LogP contribution in [0.15, 0.2) is 46.5 Å². The molecule has 0 fully saturated rings. The summed E-state index contributed by atoms with van der Waals surface area (Å²) in [6.45, 7) is 0. The van der Waals surface area contributed by atoms with Crippen LogP contribution in [0.3, 0.4) is 0 Å². The third-order valence-electron chi connectivity index (χ3n) is 4.00. The van der Waals surface area contributed by atoms with Crippen LogP contribution >= 0.6 is 23.4 Å². The Bertz CT molecular complexity index is 1100. The smallest absolute Gasteiger partial charge is 0.342 e. The van der Waals surface area contributed by atoms with Crippen LogP contribution in [-0.2, 0) is 4.79 Å². The number of carboxylic acid groups (broad SMARTS) is 1. The predicted molar refractivity (Wildman–Crippen MR) is 114 cm³/mol. The van der Waals surface area contributed by atoms with Gasteiger partial charge in [0.1, 0.15) is 10.7 Å². The summed E-state index contributed by atoms with van der Waals surface area (Å²) in [6, 6.07) is 10.2. The van der Waals surface area contributed by atoms with Crippen molar-refractivity contribution < 1.29 is 24.1 Å². The first-order chi connectivity index (χ1) is 14.4. The van der Waals surface area contributed by atoms with Crippen molar-refractivity contribution in [3.8, 4) is 28.6 Å². The number of aliphatic carboxylic acids is 1. The van der Waals surface area contributed by atoms with Crippen LogP contribution in [0, 0.1) is 0 Å². The van der Waals surface area contributed by atoms with Gasteiger partial charge in [-0.1, -0.05) is 17.7 Å². The Kier molecular flexibility index (Phi) is 6.86. The number of H-pyrrole nitrogens is 1. The zero-order valence-electron chi connectivity index (χ0n) is 16.3. The van der Waals surface area contributed by atoms with Gasteiger partial charge in [-0.25, -0.2) is 9.78 Å². The number of hydrogen-bond acceptors (Lipinski definition) is 7. The number of halogens is 1. The molecule has 2 N–H and O–H groups in total. The molecule has 8 nitrogen and oxygen atoms in total. The lowest BCUT2D eigenvalue weighted by Gasteiger charge is -2.08. The van der Waals surface area contributed by atoms with E-state index < -0.39 is 5.97 Å². The van der Waals surface area contributed by atoms with E-state index in [9.17, 15) is 9.90 Å². The fourth-order valence-electron chi connectivity index (χ4n) is 2.60. The Morgan fingerprint density at radius 2 is 1.77 bits per heavy atom. The van der Waals surface area contributed by atoms with E-state index in [2.05, 4.69) is 15.2 Å². The lowest BCUT2D eigenvalue weighted by Crippen LogP contribution is -1.97. The van der Waals surface area contributed by atoms with Crippen LogP contribution in [0.1, 0.15) is 5.56 Å². The number of methoxy groups -OCH3 is 3. The number of rotatable bonds is 8. The van der Waals surface area contributed by atoms with Crippen LogP contribution in [-0.4, -0.2) is 47.6 Å². The van der Waals surface area contributed by atoms with Gasteiger partial charge in [0.15, 0.2) is 17.3 Å². The fourth-order valence-corrected chi connectivity index (χ4v) is 3.48. The number of benzene rings is 2. The van der Waals surface area contributed by atoms with Crippen LogP contribution in [0.2, 0.25) is 5.02 Å². The highest BCUT2D eigenvalue weighted by Crippen LogP contribution is 2.34. The van der Waals surface area contributed by atoms with Crippen LogP contribution in [0.4, 0.5) is 0 Å². The molecule has 0 saturated heterocycles. The molecule has 1 heterocycles. The summed E-state index contributed by atoms with van der Waals surface area (Å²) in [5.74, 6) is 0.906. The Morgan fingerprint density at radius 1 is 1.07 bits per heavy atom. The molecule has 2 aromatic carbocycles. The minimum Gasteiger partial charge on any atom is -0.496 e. The molecule has 0 aliphatic rings. The normalized spacial score (nSPS) is 11.3. The monoisotopic (exact) mass is 447 g/mol. The molecule has 0 aliphatic heterocycles. The fraction of sp³-hybridized carbons (Fsp3) is 0.150. The Labute approximate surface area is 181 Å². The van der Waals surface area contributed by atoms with Gasteiger partial charge >= 0.3 is 5.97 Å². The highest BCUT2D eigenvalue weighted by atomic mass is 35.5. The number of thioether (sulfide) groups is 1. The first-order valence-electron chi connectivity index (χ1n) is 8.56. The van der Waals surface area contributed by atoms with E-state index in [1.807, 2.05) is 0 Å². The van der Waals surface area contributed by atoms with Crippen molar-refractivity contribution in [2.75, 3.05) is 21.3 Å². The predicted octanol–water partition coefficient (Wildman–Crippen LogP) is 4.37. The molecule has 3 aromatic rings. The third kappa shape index (κ3) is 4.87. The van der Waals surface area contributed by atoms with Crippen molar-refractivity contribution in [2.45, 2.75) is 5.16 Å². The van der Waals surface area contributed by atoms with Crippen molar-refractivity contribution in [3.05, 3.63) is 51.9 Å². The SMILES string of the molecule is COc1ccc(/C=C(\Sc2n[nH]c(-c3cc(Cl)ccc3OC)n2)C(=O)O)cc1OC. The van der Waals surface area contributed by atoms with E-state index in [-0.39, 0.29) is 10.1 Å². The van der Waals surface area contributed by atoms with E-state index in [1.165, 1.54) is 27.4 Å². The number of carboxylic acids is 1. The minimum absolute atomic E-state index is 0.0332. The number of nitrogens with zero attached hydrogens (tertiary/aromatic N) is 2. The average molecular weight is 448 g/mol. The maximum Gasteiger partial charge on any atom is 0.342 e. The lowest BCUT2D eigenvalue weighted by atomic mass is 10.2. The third-order valence-corrected chi connectivity index (χ3v) is 5.11. The number of nitrogens with one attached hydrogen (secondary N) is 1. The summed E-state index contributed by atoms with van der Waals surface area (Å²) in [5, 5.41) is 17.3. The second-order valence-electron chi connectivity index (χ2n) is 5.84. The second-order valence-corrected chi connectivity index (χ2v) is 7.29. The minimum atomic E-state index is -1.11. The molecule has 156 valence electrons. The molecular weight excluding hydrogens is 430 g/mol. The van der Waals surface area contributed by atoms with Gasteiger partial charge in [0.25, 0.3) is 0 Å². The average Bonchev–Trinajstić information content (AvgIpc) is 3.21. The van der Waals surface area contributed by atoms with Crippen LogP contribution in [0.5, 0.6) is 17.2 Å². The number of ether oxygens (including phenoxy) is 3. The maximum absolute atomic E-state index is 11.8.